The molecular weight excluding hydrogens is 230 g/mol. The minimum Gasteiger partial charge on any atom is -0.397 e. The molecule has 1 aliphatic heterocycles. The highest BCUT2D eigenvalue weighted by Crippen LogP contribution is 2.24. The van der Waals surface area contributed by atoms with Crippen molar-refractivity contribution in [2.45, 2.75) is 12.8 Å². The van der Waals surface area contributed by atoms with E-state index >= 15 is 0 Å². The van der Waals surface area contributed by atoms with Gasteiger partial charge in [0.2, 0.25) is 11.8 Å². The van der Waals surface area contributed by atoms with Gasteiger partial charge in [-0.25, -0.2) is 0 Å². The lowest BCUT2D eigenvalue weighted by Gasteiger charge is -2.27. The van der Waals surface area contributed by atoms with Gasteiger partial charge < -0.3 is 16.0 Å². The number of hydrogen-bond donors (Lipinski definition) is 2. The quantitative estimate of drug-likeness (QED) is 0.757. The van der Waals surface area contributed by atoms with Crippen molar-refractivity contribution >= 4 is 23.2 Å². The second-order valence-electron chi connectivity index (χ2n) is 4.50. The first kappa shape index (κ1) is 12.4. The lowest BCUT2D eigenvalue weighted by atomic mass is 9.97. The summed E-state index contributed by atoms with van der Waals surface area (Å²) in [4.78, 5) is 24.9. The molecule has 1 aromatic rings. The van der Waals surface area contributed by atoms with Gasteiger partial charge in [-0.2, -0.15) is 0 Å². The Morgan fingerprint density at radius 2 is 2.17 bits per heavy atom. The molecule has 1 unspecified atom stereocenters. The maximum absolute atomic E-state index is 12.3. The summed E-state index contributed by atoms with van der Waals surface area (Å²) in [5.74, 6) is -0.152. The molecule has 3 N–H and O–H groups in total. The number of carbonyl (C=O) groups is 2. The number of nitrogens with two attached hydrogens (primary N) is 1. The van der Waals surface area contributed by atoms with E-state index in [1.54, 1.807) is 18.0 Å². The van der Waals surface area contributed by atoms with Gasteiger partial charge in [0.25, 0.3) is 0 Å². The molecule has 1 aromatic carbocycles. The standard InChI is InChI=1S/C13H17N3O2/c1-16(11-5-3-2-4-10(11)14)13(18)9-6-7-12(17)15-8-9/h2-5,9H,6-8,14H2,1H3,(H,15,17). The van der Waals surface area contributed by atoms with Crippen molar-refractivity contribution in [3.63, 3.8) is 0 Å². The third kappa shape index (κ3) is 2.45. The molecule has 0 spiro atoms. The van der Waals surface area contributed by atoms with Crippen LogP contribution >= 0.6 is 0 Å². The summed E-state index contributed by atoms with van der Waals surface area (Å²) in [6.07, 6.45) is 1.01. The van der Waals surface area contributed by atoms with Crippen LogP contribution in [0.3, 0.4) is 0 Å². The van der Waals surface area contributed by atoms with E-state index in [9.17, 15) is 9.59 Å². The van der Waals surface area contributed by atoms with Gasteiger partial charge in [-0.05, 0) is 18.6 Å². The first-order valence-electron chi connectivity index (χ1n) is 5.98. The third-order valence-electron chi connectivity index (χ3n) is 3.24. The highest BCUT2D eigenvalue weighted by molar-refractivity contribution is 5.98. The number of hydrogen-bond acceptors (Lipinski definition) is 3. The Balaban J connectivity index is 2.09. The summed E-state index contributed by atoms with van der Waals surface area (Å²) in [5, 5.41) is 2.72. The highest BCUT2D eigenvalue weighted by Gasteiger charge is 2.27. The molecule has 0 radical (unpaired) electrons. The molecule has 0 saturated carbocycles. The Bertz CT molecular complexity index is 463. The maximum atomic E-state index is 12.3. The molecule has 0 aliphatic carbocycles. The highest BCUT2D eigenvalue weighted by atomic mass is 16.2. The van der Waals surface area contributed by atoms with E-state index in [0.717, 1.165) is 0 Å². The number of piperidine rings is 1. The Kier molecular flexibility index (Phi) is 3.50. The van der Waals surface area contributed by atoms with E-state index < -0.39 is 0 Å². The molecule has 1 heterocycles. The lowest BCUT2D eigenvalue weighted by Crippen LogP contribution is -2.43. The fourth-order valence-corrected chi connectivity index (χ4v) is 2.13. The topological polar surface area (TPSA) is 75.4 Å². The van der Waals surface area contributed by atoms with Crippen molar-refractivity contribution < 1.29 is 9.59 Å². The summed E-state index contributed by atoms with van der Waals surface area (Å²) in [7, 11) is 1.71. The maximum Gasteiger partial charge on any atom is 0.231 e. The van der Waals surface area contributed by atoms with Crippen molar-refractivity contribution in [1.29, 1.82) is 0 Å². The Labute approximate surface area is 106 Å². The number of anilines is 2. The molecule has 1 fully saturated rings. The minimum atomic E-state index is -0.160. The largest absolute Gasteiger partial charge is 0.397 e. The molecule has 1 aliphatic rings. The Morgan fingerprint density at radius 1 is 1.44 bits per heavy atom. The van der Waals surface area contributed by atoms with Crippen molar-refractivity contribution in [3.8, 4) is 0 Å². The number of amides is 2. The van der Waals surface area contributed by atoms with Crippen molar-refractivity contribution in [1.82, 2.24) is 5.32 Å². The summed E-state index contributed by atoms with van der Waals surface area (Å²) >= 11 is 0. The van der Waals surface area contributed by atoms with E-state index in [0.29, 0.717) is 30.8 Å². The molecule has 0 bridgehead atoms. The van der Waals surface area contributed by atoms with Gasteiger partial charge in [-0.15, -0.1) is 0 Å². The number of benzene rings is 1. The van der Waals surface area contributed by atoms with Crippen LogP contribution in [0.2, 0.25) is 0 Å². The molecule has 1 saturated heterocycles. The molecule has 18 heavy (non-hydrogen) atoms. The average Bonchev–Trinajstić information content (AvgIpc) is 2.38. The zero-order valence-electron chi connectivity index (χ0n) is 10.3. The predicted molar refractivity (Wildman–Crippen MR) is 70.0 cm³/mol. The first-order chi connectivity index (χ1) is 8.59. The van der Waals surface area contributed by atoms with Crippen LogP contribution in [0.1, 0.15) is 12.8 Å². The molecule has 2 amide bonds. The zero-order chi connectivity index (χ0) is 13.1. The van der Waals surface area contributed by atoms with Crippen LogP contribution in [-0.4, -0.2) is 25.4 Å². The van der Waals surface area contributed by atoms with Gasteiger partial charge in [-0.1, -0.05) is 12.1 Å². The normalized spacial score (nSPS) is 19.2. The van der Waals surface area contributed by atoms with Crippen molar-refractivity contribution in [2.75, 3.05) is 24.2 Å². The number of nitrogens with zero attached hydrogens (tertiary/aromatic N) is 1. The zero-order valence-corrected chi connectivity index (χ0v) is 10.3. The van der Waals surface area contributed by atoms with Gasteiger partial charge in [0.15, 0.2) is 0 Å². The number of para-hydroxylation sites is 2. The van der Waals surface area contributed by atoms with Crippen molar-refractivity contribution in [3.05, 3.63) is 24.3 Å². The number of carbonyl (C=O) groups excluding carboxylic acids is 2. The second kappa shape index (κ2) is 5.08. The molecule has 5 nitrogen and oxygen atoms in total. The monoisotopic (exact) mass is 247 g/mol. The molecule has 0 aromatic heterocycles. The lowest BCUT2D eigenvalue weighted by molar-refractivity contribution is -0.127. The van der Waals surface area contributed by atoms with E-state index in [-0.39, 0.29) is 17.7 Å². The summed E-state index contributed by atoms with van der Waals surface area (Å²) < 4.78 is 0. The van der Waals surface area contributed by atoms with Crippen LogP contribution in [-0.2, 0) is 9.59 Å². The van der Waals surface area contributed by atoms with Gasteiger partial charge in [0.05, 0.1) is 17.3 Å². The summed E-state index contributed by atoms with van der Waals surface area (Å²) in [6.45, 7) is 0.411. The second-order valence-corrected chi connectivity index (χ2v) is 4.50. The minimum absolute atomic E-state index is 0.00657. The van der Waals surface area contributed by atoms with E-state index in [1.165, 1.54) is 0 Å². The fraction of sp³-hybridized carbons (Fsp3) is 0.385. The smallest absolute Gasteiger partial charge is 0.231 e. The van der Waals surface area contributed by atoms with Crippen LogP contribution in [0, 0.1) is 5.92 Å². The van der Waals surface area contributed by atoms with Crippen LogP contribution in [0.4, 0.5) is 11.4 Å². The molecular formula is C13H17N3O2. The van der Waals surface area contributed by atoms with Crippen LogP contribution in [0.5, 0.6) is 0 Å². The van der Waals surface area contributed by atoms with E-state index in [4.69, 9.17) is 5.73 Å². The van der Waals surface area contributed by atoms with Gasteiger partial charge in [0, 0.05) is 20.0 Å². The Morgan fingerprint density at radius 3 is 2.78 bits per heavy atom. The van der Waals surface area contributed by atoms with Crippen LogP contribution < -0.4 is 16.0 Å². The van der Waals surface area contributed by atoms with Crippen LogP contribution in [0.25, 0.3) is 0 Å². The molecule has 2 rings (SSSR count). The number of nitrogens with one attached hydrogen (secondary N) is 1. The predicted octanol–water partition coefficient (Wildman–Crippen LogP) is 0.758. The van der Waals surface area contributed by atoms with Gasteiger partial charge in [-0.3, -0.25) is 9.59 Å². The van der Waals surface area contributed by atoms with E-state index in [1.807, 2.05) is 18.2 Å². The SMILES string of the molecule is CN(C(=O)C1CCC(=O)NC1)c1ccccc1N. The van der Waals surface area contributed by atoms with Crippen molar-refractivity contribution in [2.24, 2.45) is 5.92 Å². The summed E-state index contributed by atoms with van der Waals surface area (Å²) in [6, 6.07) is 7.26. The average molecular weight is 247 g/mol. The van der Waals surface area contributed by atoms with Gasteiger partial charge >= 0.3 is 0 Å². The van der Waals surface area contributed by atoms with Gasteiger partial charge in [0.1, 0.15) is 0 Å². The molecule has 1 atom stereocenters. The van der Waals surface area contributed by atoms with E-state index in [2.05, 4.69) is 5.32 Å². The molecule has 96 valence electrons. The molecule has 5 heteroatoms. The Hall–Kier alpha value is -2.04. The summed E-state index contributed by atoms with van der Waals surface area (Å²) in [5.41, 5.74) is 7.13. The number of nitrogen functional groups attached to an aromatic ring is 1. The van der Waals surface area contributed by atoms with Crippen LogP contribution in [0.15, 0.2) is 24.3 Å². The third-order valence-corrected chi connectivity index (χ3v) is 3.24. The number of rotatable bonds is 2. The fourth-order valence-electron chi connectivity index (χ4n) is 2.13. The first-order valence-corrected chi connectivity index (χ1v) is 5.98.